The molecule has 3 atom stereocenters. The molecule has 1 N–H and O–H groups in total. The van der Waals surface area contributed by atoms with Gasteiger partial charge in [-0.25, -0.2) is 0 Å². The molecule has 0 aromatic heterocycles. The summed E-state index contributed by atoms with van der Waals surface area (Å²) in [5.41, 5.74) is 2.13. The van der Waals surface area contributed by atoms with Crippen LogP contribution >= 0.6 is 15.9 Å². The molecule has 1 heterocycles. The van der Waals surface area contributed by atoms with Crippen molar-refractivity contribution in [3.63, 3.8) is 0 Å². The minimum absolute atomic E-state index is 0.0206. The van der Waals surface area contributed by atoms with Crippen molar-refractivity contribution in [1.82, 2.24) is 10.4 Å². The molecule has 2 aromatic carbocycles. The third-order valence-corrected chi connectivity index (χ3v) is 4.50. The predicted molar refractivity (Wildman–Crippen MR) is 92.4 cm³/mol. The highest BCUT2D eigenvalue weighted by molar-refractivity contribution is 9.10. The number of nitrogens with zero attached hydrogens (tertiary/aromatic N) is 1. The molecule has 2 unspecified atom stereocenters. The lowest BCUT2D eigenvalue weighted by atomic mass is 10.2. The Morgan fingerprint density at radius 3 is 2.70 bits per heavy atom. The van der Waals surface area contributed by atoms with Crippen LogP contribution < -0.4 is 5.32 Å². The smallest absolute Gasteiger partial charge is 0.141 e. The molecule has 0 amide bonds. The maximum atomic E-state index is 11.5. The zero-order valence-electron chi connectivity index (χ0n) is 12.9. The normalized spacial score (nSPS) is 24.7. The summed E-state index contributed by atoms with van der Waals surface area (Å²) in [5.74, 6) is 0. The molecule has 1 aliphatic rings. The Bertz CT molecular complexity index is 665. The maximum Gasteiger partial charge on any atom is 0.141 e. The van der Waals surface area contributed by atoms with Gasteiger partial charge in [-0.15, -0.1) is 0 Å². The van der Waals surface area contributed by atoms with Crippen molar-refractivity contribution in [2.45, 2.75) is 31.8 Å². The Kier molecular flexibility index (Phi) is 5.23. The van der Waals surface area contributed by atoms with E-state index in [1.165, 1.54) is 0 Å². The van der Waals surface area contributed by atoms with Crippen molar-refractivity contribution in [1.29, 1.82) is 0 Å². The summed E-state index contributed by atoms with van der Waals surface area (Å²) in [4.78, 5) is 17.5. The van der Waals surface area contributed by atoms with Gasteiger partial charge >= 0.3 is 0 Å². The first-order chi connectivity index (χ1) is 11.2. The maximum absolute atomic E-state index is 11.5. The number of nitrogens with one attached hydrogen (secondary N) is 1. The van der Waals surface area contributed by atoms with Gasteiger partial charge in [-0.05, 0) is 30.2 Å². The van der Waals surface area contributed by atoms with Crippen molar-refractivity contribution >= 4 is 22.2 Å². The van der Waals surface area contributed by atoms with E-state index < -0.39 is 0 Å². The Labute approximate surface area is 144 Å². The van der Waals surface area contributed by atoms with E-state index in [1.54, 1.807) is 5.06 Å². The molecule has 2 aromatic rings. The standard InChI is InChI=1S/C18H19BrN2O2/c1-13-17(11-22)21(23-12-14-6-3-2-4-7-14)18(20-13)15-8-5-9-16(19)10-15/h2-11,13,17-18,20H,12H2,1H3/t13-,17?,18?/m0/s1. The van der Waals surface area contributed by atoms with Crippen molar-refractivity contribution in [3.8, 4) is 0 Å². The van der Waals surface area contributed by atoms with Crippen LogP contribution in [0.1, 0.15) is 24.2 Å². The number of hydrogen-bond donors (Lipinski definition) is 1. The number of benzene rings is 2. The largest absolute Gasteiger partial charge is 0.301 e. The number of carbonyl (C=O) groups is 1. The Morgan fingerprint density at radius 2 is 2.00 bits per heavy atom. The SMILES string of the molecule is C[C@@H]1NC(c2cccc(Br)c2)N(OCc2ccccc2)C1C=O. The van der Waals surface area contributed by atoms with Gasteiger partial charge < -0.3 is 4.79 Å². The molecule has 0 spiro atoms. The third kappa shape index (κ3) is 3.70. The van der Waals surface area contributed by atoms with Gasteiger partial charge in [0.25, 0.3) is 0 Å². The van der Waals surface area contributed by atoms with E-state index in [1.807, 2.05) is 61.5 Å². The topological polar surface area (TPSA) is 41.6 Å². The van der Waals surface area contributed by atoms with Gasteiger partial charge in [0.2, 0.25) is 0 Å². The van der Waals surface area contributed by atoms with Crippen molar-refractivity contribution < 1.29 is 9.63 Å². The van der Waals surface area contributed by atoms with Gasteiger partial charge in [0.05, 0.1) is 6.61 Å². The molecule has 3 rings (SSSR count). The highest BCUT2D eigenvalue weighted by Crippen LogP contribution is 2.30. The fourth-order valence-corrected chi connectivity index (χ4v) is 3.21. The molecule has 0 radical (unpaired) electrons. The van der Waals surface area contributed by atoms with Gasteiger partial charge in [-0.3, -0.25) is 10.2 Å². The summed E-state index contributed by atoms with van der Waals surface area (Å²) in [6.45, 7) is 2.43. The monoisotopic (exact) mass is 374 g/mol. The van der Waals surface area contributed by atoms with Gasteiger partial charge in [0, 0.05) is 10.5 Å². The van der Waals surface area contributed by atoms with Crippen molar-refractivity contribution in [3.05, 3.63) is 70.2 Å². The third-order valence-electron chi connectivity index (χ3n) is 4.01. The minimum atomic E-state index is -0.317. The lowest BCUT2D eigenvalue weighted by molar-refractivity contribution is -0.203. The first-order valence-electron chi connectivity index (χ1n) is 7.61. The Morgan fingerprint density at radius 1 is 1.22 bits per heavy atom. The summed E-state index contributed by atoms with van der Waals surface area (Å²) in [7, 11) is 0. The molecule has 5 heteroatoms. The predicted octanol–water partition coefficient (Wildman–Crippen LogP) is 3.44. The van der Waals surface area contributed by atoms with E-state index in [2.05, 4.69) is 21.2 Å². The summed E-state index contributed by atoms with van der Waals surface area (Å²) in [5, 5.41) is 5.20. The second-order valence-corrected chi connectivity index (χ2v) is 6.57. The van der Waals surface area contributed by atoms with Crippen LogP contribution in [0.15, 0.2) is 59.1 Å². The highest BCUT2D eigenvalue weighted by Gasteiger charge is 2.40. The lowest BCUT2D eigenvalue weighted by Crippen LogP contribution is -2.36. The number of carbonyl (C=O) groups excluding carboxylic acids is 1. The summed E-state index contributed by atoms with van der Waals surface area (Å²) in [6.07, 6.45) is 0.794. The van der Waals surface area contributed by atoms with E-state index in [4.69, 9.17) is 4.84 Å². The average Bonchev–Trinajstić information content (AvgIpc) is 2.89. The average molecular weight is 375 g/mol. The van der Waals surface area contributed by atoms with Crippen LogP contribution in [-0.4, -0.2) is 23.4 Å². The highest BCUT2D eigenvalue weighted by atomic mass is 79.9. The molecular formula is C18H19BrN2O2. The Balaban J connectivity index is 1.81. The van der Waals surface area contributed by atoms with Crippen molar-refractivity contribution in [2.24, 2.45) is 0 Å². The molecule has 1 fully saturated rings. The molecule has 0 saturated carbocycles. The summed E-state index contributed by atoms with van der Waals surface area (Å²) >= 11 is 3.50. The van der Waals surface area contributed by atoms with Crippen LogP contribution in [0.2, 0.25) is 0 Å². The van der Waals surface area contributed by atoms with E-state index in [9.17, 15) is 4.79 Å². The summed E-state index contributed by atoms with van der Waals surface area (Å²) < 4.78 is 1.00. The van der Waals surface area contributed by atoms with Crippen LogP contribution in [0.25, 0.3) is 0 Å². The Hall–Kier alpha value is -1.53. The number of halogens is 1. The van der Waals surface area contributed by atoms with Gasteiger partial charge in [-0.2, -0.15) is 5.06 Å². The molecular weight excluding hydrogens is 356 g/mol. The molecule has 120 valence electrons. The van der Waals surface area contributed by atoms with Gasteiger partial charge in [0.1, 0.15) is 18.5 Å². The van der Waals surface area contributed by atoms with E-state index in [-0.39, 0.29) is 18.2 Å². The first kappa shape index (κ1) is 16.3. The van der Waals surface area contributed by atoms with E-state index in [0.29, 0.717) is 6.61 Å². The van der Waals surface area contributed by atoms with Crippen LogP contribution in [-0.2, 0) is 16.2 Å². The number of aldehydes is 1. The summed E-state index contributed by atoms with van der Waals surface area (Å²) in [6, 6.07) is 17.7. The minimum Gasteiger partial charge on any atom is -0.301 e. The number of hydrogen-bond acceptors (Lipinski definition) is 4. The molecule has 23 heavy (non-hydrogen) atoms. The fraction of sp³-hybridized carbons (Fsp3) is 0.278. The molecule has 1 saturated heterocycles. The first-order valence-corrected chi connectivity index (χ1v) is 8.40. The van der Waals surface area contributed by atoms with Crippen LogP contribution in [0.5, 0.6) is 0 Å². The van der Waals surface area contributed by atoms with Gasteiger partial charge in [-0.1, -0.05) is 58.4 Å². The van der Waals surface area contributed by atoms with Crippen LogP contribution in [0.4, 0.5) is 0 Å². The second kappa shape index (κ2) is 7.36. The molecule has 1 aliphatic heterocycles. The molecule has 0 aliphatic carbocycles. The number of rotatable bonds is 5. The zero-order valence-corrected chi connectivity index (χ0v) is 14.4. The fourth-order valence-electron chi connectivity index (χ4n) is 2.80. The van der Waals surface area contributed by atoms with E-state index in [0.717, 1.165) is 21.9 Å². The number of hydroxylamine groups is 2. The van der Waals surface area contributed by atoms with Crippen LogP contribution in [0.3, 0.4) is 0 Å². The quantitative estimate of drug-likeness (QED) is 0.813. The van der Waals surface area contributed by atoms with Crippen LogP contribution in [0, 0.1) is 0 Å². The van der Waals surface area contributed by atoms with Crippen molar-refractivity contribution in [2.75, 3.05) is 0 Å². The lowest BCUT2D eigenvalue weighted by Gasteiger charge is -2.26. The zero-order chi connectivity index (χ0) is 16.2. The second-order valence-electron chi connectivity index (χ2n) is 5.66. The van der Waals surface area contributed by atoms with E-state index >= 15 is 0 Å². The molecule has 4 nitrogen and oxygen atoms in total. The van der Waals surface area contributed by atoms with Gasteiger partial charge in [0.15, 0.2) is 0 Å². The molecule has 0 bridgehead atoms.